The van der Waals surface area contributed by atoms with Crippen molar-refractivity contribution in [2.75, 3.05) is 17.5 Å². The lowest BCUT2D eigenvalue weighted by Gasteiger charge is -2.20. The van der Waals surface area contributed by atoms with Crippen LogP contribution in [-0.4, -0.2) is 33.6 Å². The van der Waals surface area contributed by atoms with Crippen LogP contribution in [0.1, 0.15) is 18.1 Å². The van der Waals surface area contributed by atoms with Crippen molar-refractivity contribution >= 4 is 27.9 Å². The summed E-state index contributed by atoms with van der Waals surface area (Å²) in [4.78, 5) is 22.4. The van der Waals surface area contributed by atoms with E-state index in [1.807, 2.05) is 10.8 Å². The van der Waals surface area contributed by atoms with Gasteiger partial charge in [0.2, 0.25) is 0 Å². The fourth-order valence-electron chi connectivity index (χ4n) is 2.82. The Morgan fingerprint density at radius 3 is 2.62 bits per heavy atom. The number of benzene rings is 2. The van der Waals surface area contributed by atoms with Gasteiger partial charge >= 0.3 is 16.3 Å². The number of primary amides is 1. The van der Waals surface area contributed by atoms with Crippen molar-refractivity contribution < 1.29 is 31.9 Å². The normalized spacial score (nSPS) is 15.3. The maximum absolute atomic E-state index is 15.4. The average Bonchev–Trinajstić information content (AvgIpc) is 3.02. The molecule has 0 radical (unpaired) electrons. The van der Waals surface area contributed by atoms with Crippen LogP contribution in [0.4, 0.5) is 14.9 Å². The van der Waals surface area contributed by atoms with E-state index < -0.39 is 46.2 Å². The minimum absolute atomic E-state index is 0.0507. The van der Waals surface area contributed by atoms with Gasteiger partial charge in [0.25, 0.3) is 5.91 Å². The number of anilines is 1. The van der Waals surface area contributed by atoms with Crippen molar-refractivity contribution in [2.45, 2.75) is 13.5 Å². The molecule has 1 aliphatic rings. The zero-order chi connectivity index (χ0) is 23.3. The monoisotopic (exact) mass is 461 g/mol. The highest BCUT2D eigenvalue weighted by Crippen LogP contribution is 2.36. The molecule has 3 N–H and O–H groups in total. The summed E-state index contributed by atoms with van der Waals surface area (Å²) in [5.74, 6) is 3.01. The number of carbonyl (C=O) groups excluding carboxylic acids is 2. The third-order valence-corrected chi connectivity index (χ3v) is 5.69. The van der Waals surface area contributed by atoms with Gasteiger partial charge in [-0.2, -0.15) is 8.42 Å². The van der Waals surface area contributed by atoms with Crippen molar-refractivity contribution in [3.63, 3.8) is 0 Å². The standard InChI is InChI=1S/C21H20FN3O6S/c1-14(12-31-21(23)27)7-8-16-9-10-17(30-13-15-5-3-2-4-6-15)20(19(16)22)25-11-18(26)24-32(25,28)29/h2-6,9-10,14H,11-13H2,1H3,(H2,23,27)(H,24,26). The van der Waals surface area contributed by atoms with Gasteiger partial charge < -0.3 is 15.2 Å². The second-order valence-electron chi connectivity index (χ2n) is 6.89. The summed E-state index contributed by atoms with van der Waals surface area (Å²) < 4.78 is 52.9. The average molecular weight is 461 g/mol. The molecule has 1 heterocycles. The van der Waals surface area contributed by atoms with Crippen LogP contribution in [0.5, 0.6) is 5.75 Å². The molecule has 0 spiro atoms. The van der Waals surface area contributed by atoms with Gasteiger partial charge in [-0.15, -0.1) is 0 Å². The quantitative estimate of drug-likeness (QED) is 0.630. The molecule has 1 saturated heterocycles. The lowest BCUT2D eigenvalue weighted by Crippen LogP contribution is -2.30. The Bertz CT molecular complexity index is 1190. The number of nitrogens with zero attached hydrogens (tertiary/aromatic N) is 1. The Morgan fingerprint density at radius 1 is 1.28 bits per heavy atom. The number of amides is 2. The highest BCUT2D eigenvalue weighted by molar-refractivity contribution is 7.92. The van der Waals surface area contributed by atoms with Crippen LogP contribution in [0.3, 0.4) is 0 Å². The van der Waals surface area contributed by atoms with Gasteiger partial charge in [0.1, 0.15) is 31.2 Å². The first-order valence-electron chi connectivity index (χ1n) is 9.43. The predicted molar refractivity (Wildman–Crippen MR) is 113 cm³/mol. The second kappa shape index (κ2) is 9.57. The molecular formula is C21H20FN3O6S. The highest BCUT2D eigenvalue weighted by atomic mass is 32.2. The van der Waals surface area contributed by atoms with Crippen molar-refractivity contribution in [2.24, 2.45) is 11.7 Å². The Morgan fingerprint density at radius 2 is 2.00 bits per heavy atom. The number of hydrogen-bond donors (Lipinski definition) is 2. The van der Waals surface area contributed by atoms with Gasteiger partial charge in [-0.25, -0.2) is 18.2 Å². The third kappa shape index (κ3) is 5.47. The van der Waals surface area contributed by atoms with E-state index in [0.717, 1.165) is 5.56 Å². The Kier molecular flexibility index (Phi) is 6.85. The van der Waals surface area contributed by atoms with Crippen LogP contribution >= 0.6 is 0 Å². The molecule has 0 bridgehead atoms. The van der Waals surface area contributed by atoms with E-state index >= 15 is 4.39 Å². The SMILES string of the molecule is CC(C#Cc1ccc(OCc2ccccc2)c(N2CC(=O)NS2(=O)=O)c1F)COC(N)=O. The summed E-state index contributed by atoms with van der Waals surface area (Å²) in [6, 6.07) is 11.7. The van der Waals surface area contributed by atoms with E-state index in [1.165, 1.54) is 12.1 Å². The van der Waals surface area contributed by atoms with E-state index in [9.17, 15) is 18.0 Å². The van der Waals surface area contributed by atoms with Gasteiger partial charge in [-0.1, -0.05) is 42.2 Å². The minimum Gasteiger partial charge on any atom is -0.487 e. The van der Waals surface area contributed by atoms with Gasteiger partial charge in [-0.3, -0.25) is 4.79 Å². The van der Waals surface area contributed by atoms with Gasteiger partial charge in [-0.05, 0) is 24.6 Å². The van der Waals surface area contributed by atoms with E-state index in [2.05, 4.69) is 16.6 Å². The van der Waals surface area contributed by atoms with Crippen LogP contribution in [0, 0.1) is 23.6 Å². The number of ether oxygens (including phenoxy) is 2. The predicted octanol–water partition coefficient (Wildman–Crippen LogP) is 1.67. The van der Waals surface area contributed by atoms with Crippen LogP contribution < -0.4 is 19.5 Å². The molecule has 2 aromatic rings. The van der Waals surface area contributed by atoms with E-state index in [4.69, 9.17) is 10.5 Å². The molecule has 1 aliphatic heterocycles. The minimum atomic E-state index is -4.29. The van der Waals surface area contributed by atoms with Crippen molar-refractivity contribution in [1.82, 2.24) is 4.72 Å². The molecule has 11 heteroatoms. The summed E-state index contributed by atoms with van der Waals surface area (Å²) in [7, 11) is -4.29. The Balaban J connectivity index is 1.96. The van der Waals surface area contributed by atoms with Crippen LogP contribution in [0.15, 0.2) is 42.5 Å². The molecule has 1 fully saturated rings. The lowest BCUT2D eigenvalue weighted by atomic mass is 10.1. The second-order valence-corrected chi connectivity index (χ2v) is 8.48. The summed E-state index contributed by atoms with van der Waals surface area (Å²) >= 11 is 0. The molecule has 2 amide bonds. The summed E-state index contributed by atoms with van der Waals surface area (Å²) in [6.45, 7) is 1.00. The smallest absolute Gasteiger partial charge is 0.404 e. The maximum Gasteiger partial charge on any atom is 0.404 e. The molecule has 0 saturated carbocycles. The molecule has 32 heavy (non-hydrogen) atoms. The number of nitrogens with two attached hydrogens (primary N) is 1. The van der Waals surface area contributed by atoms with Crippen LogP contribution in [0.2, 0.25) is 0 Å². The number of halogens is 1. The topological polar surface area (TPSA) is 128 Å². The van der Waals surface area contributed by atoms with Gasteiger partial charge in [0, 0.05) is 0 Å². The Labute approximate surface area is 184 Å². The van der Waals surface area contributed by atoms with Crippen LogP contribution in [-0.2, 0) is 26.3 Å². The molecule has 3 rings (SSSR count). The molecule has 0 aromatic heterocycles. The van der Waals surface area contributed by atoms with Crippen molar-refractivity contribution in [3.8, 4) is 17.6 Å². The third-order valence-electron chi connectivity index (χ3n) is 4.31. The van der Waals surface area contributed by atoms with E-state index in [-0.39, 0.29) is 24.5 Å². The number of nitrogens with one attached hydrogen (secondary N) is 1. The Hall–Kier alpha value is -3.78. The number of carbonyl (C=O) groups is 2. The van der Waals surface area contributed by atoms with Crippen molar-refractivity contribution in [3.05, 3.63) is 59.4 Å². The zero-order valence-corrected chi connectivity index (χ0v) is 17.8. The molecule has 1 unspecified atom stereocenters. The molecule has 168 valence electrons. The van der Waals surface area contributed by atoms with Gasteiger partial charge in [0.15, 0.2) is 5.82 Å². The van der Waals surface area contributed by atoms with Crippen LogP contribution in [0.25, 0.3) is 0 Å². The fraction of sp³-hybridized carbons (Fsp3) is 0.238. The summed E-state index contributed by atoms with van der Waals surface area (Å²) in [6.07, 6.45) is -0.955. The molecule has 0 aliphatic carbocycles. The first-order valence-corrected chi connectivity index (χ1v) is 10.9. The van der Waals surface area contributed by atoms with Crippen molar-refractivity contribution in [1.29, 1.82) is 0 Å². The first-order chi connectivity index (χ1) is 15.2. The highest BCUT2D eigenvalue weighted by Gasteiger charge is 2.38. The number of rotatable bonds is 6. The first kappa shape index (κ1) is 22.9. The molecule has 9 nitrogen and oxygen atoms in total. The summed E-state index contributed by atoms with van der Waals surface area (Å²) in [5.41, 5.74) is 5.15. The lowest BCUT2D eigenvalue weighted by molar-refractivity contribution is -0.117. The van der Waals surface area contributed by atoms with E-state index in [1.54, 1.807) is 31.2 Å². The fourth-order valence-corrected chi connectivity index (χ4v) is 3.98. The van der Waals surface area contributed by atoms with E-state index in [0.29, 0.717) is 4.31 Å². The number of hydrogen-bond acceptors (Lipinski definition) is 6. The largest absolute Gasteiger partial charge is 0.487 e. The summed E-state index contributed by atoms with van der Waals surface area (Å²) in [5, 5.41) is 0. The maximum atomic E-state index is 15.4. The zero-order valence-electron chi connectivity index (χ0n) is 17.0. The van der Waals surface area contributed by atoms with Gasteiger partial charge in [0.05, 0.1) is 11.5 Å². The molecule has 2 aromatic carbocycles. The molecular weight excluding hydrogens is 441 g/mol. The molecule has 1 atom stereocenters.